The molecule has 0 fully saturated rings. The molecule has 2 aromatic rings. The fourth-order valence-corrected chi connectivity index (χ4v) is 3.07. The number of carbonyl (C=O) groups excluding carboxylic acids is 3. The van der Waals surface area contributed by atoms with Crippen molar-refractivity contribution in [2.45, 2.75) is 25.4 Å². The first kappa shape index (κ1) is 20.0. The lowest BCUT2D eigenvalue weighted by atomic mass is 9.92. The molecule has 7 heteroatoms. The third-order valence-electron chi connectivity index (χ3n) is 4.62. The molecule has 1 amide bonds. The molecule has 0 radical (unpaired) electrons. The number of fused-ring (bicyclic) bond motifs is 1. The molecule has 0 aliphatic heterocycles. The maximum atomic E-state index is 12.6. The van der Waals surface area contributed by atoms with Crippen LogP contribution >= 0.6 is 0 Å². The Morgan fingerprint density at radius 3 is 2.24 bits per heavy atom. The van der Waals surface area contributed by atoms with E-state index >= 15 is 0 Å². The van der Waals surface area contributed by atoms with Crippen LogP contribution in [0.25, 0.3) is 0 Å². The molecule has 2 atom stereocenters. The van der Waals surface area contributed by atoms with Crippen LogP contribution < -0.4 is 10.6 Å². The lowest BCUT2D eigenvalue weighted by molar-refractivity contribution is -0.142. The zero-order valence-electron chi connectivity index (χ0n) is 15.7. The van der Waals surface area contributed by atoms with Gasteiger partial charge in [-0.15, -0.1) is 0 Å². The van der Waals surface area contributed by atoms with Crippen LogP contribution in [0, 0.1) is 0 Å². The summed E-state index contributed by atoms with van der Waals surface area (Å²) in [6.07, 6.45) is 1.29. The predicted octanol–water partition coefficient (Wildman–Crippen LogP) is 1.74. The maximum Gasteiger partial charge on any atom is 0.326 e. The van der Waals surface area contributed by atoms with E-state index in [-0.39, 0.29) is 29.2 Å². The quantitative estimate of drug-likeness (QED) is 0.662. The number of carbonyl (C=O) groups is 4. The van der Waals surface area contributed by atoms with Gasteiger partial charge in [0.15, 0.2) is 5.78 Å². The summed E-state index contributed by atoms with van der Waals surface area (Å²) >= 11 is 0. The first-order chi connectivity index (χ1) is 13.9. The Bertz CT molecular complexity index is 997. The smallest absolute Gasteiger partial charge is 0.326 e. The number of amides is 1. The fraction of sp³-hybridized carbons (Fsp3) is 0.182. The summed E-state index contributed by atoms with van der Waals surface area (Å²) in [5, 5.41) is 14.6. The standard InChI is InChI=1S/C22H20N2O5/c1-13(21(27)24-18(22(28)29)11-14-7-3-2-4-8-14)23-17-12-19(25)15-9-5-6-10-16(15)20(17)26/h2-10,12-13,18,23H,11H2,1H3,(H,24,27)(H,28,29)/t13-,18-/m0/s1. The Morgan fingerprint density at radius 2 is 1.59 bits per heavy atom. The number of hydrogen-bond acceptors (Lipinski definition) is 5. The zero-order chi connectivity index (χ0) is 21.0. The summed E-state index contributed by atoms with van der Waals surface area (Å²) < 4.78 is 0. The molecule has 148 valence electrons. The zero-order valence-corrected chi connectivity index (χ0v) is 15.7. The summed E-state index contributed by atoms with van der Waals surface area (Å²) in [5.74, 6) is -2.47. The van der Waals surface area contributed by atoms with E-state index < -0.39 is 24.0 Å². The topological polar surface area (TPSA) is 113 Å². The highest BCUT2D eigenvalue weighted by Crippen LogP contribution is 2.20. The maximum absolute atomic E-state index is 12.6. The number of benzene rings is 2. The molecule has 0 bridgehead atoms. The van der Waals surface area contributed by atoms with Gasteiger partial charge in [-0.2, -0.15) is 0 Å². The highest BCUT2D eigenvalue weighted by molar-refractivity contribution is 6.24. The van der Waals surface area contributed by atoms with Crippen LogP contribution in [0.3, 0.4) is 0 Å². The Morgan fingerprint density at radius 1 is 0.966 bits per heavy atom. The molecule has 29 heavy (non-hydrogen) atoms. The van der Waals surface area contributed by atoms with E-state index in [2.05, 4.69) is 10.6 Å². The average Bonchev–Trinajstić information content (AvgIpc) is 2.72. The second kappa shape index (κ2) is 8.52. The molecule has 2 aromatic carbocycles. The molecular weight excluding hydrogens is 372 g/mol. The van der Waals surface area contributed by atoms with Crippen molar-refractivity contribution in [2.75, 3.05) is 0 Å². The fourth-order valence-electron chi connectivity index (χ4n) is 3.07. The molecule has 1 aliphatic carbocycles. The predicted molar refractivity (Wildman–Crippen MR) is 105 cm³/mol. The largest absolute Gasteiger partial charge is 0.480 e. The van der Waals surface area contributed by atoms with Gasteiger partial charge in [0.1, 0.15) is 12.1 Å². The average molecular weight is 392 g/mol. The summed E-state index contributed by atoms with van der Waals surface area (Å²) in [6, 6.07) is 13.4. The number of rotatable bonds is 7. The monoisotopic (exact) mass is 392 g/mol. The van der Waals surface area contributed by atoms with Gasteiger partial charge >= 0.3 is 5.97 Å². The first-order valence-electron chi connectivity index (χ1n) is 9.10. The molecule has 0 saturated carbocycles. The SMILES string of the molecule is C[C@H](NC1=CC(=O)c2ccccc2C1=O)C(=O)N[C@@H](Cc1ccccc1)C(=O)O. The second-order valence-corrected chi connectivity index (χ2v) is 6.75. The highest BCUT2D eigenvalue weighted by Gasteiger charge is 2.28. The van der Waals surface area contributed by atoms with Crippen LogP contribution in [0.1, 0.15) is 33.2 Å². The van der Waals surface area contributed by atoms with E-state index in [4.69, 9.17) is 0 Å². The number of allylic oxidation sites excluding steroid dienone is 2. The number of hydrogen-bond donors (Lipinski definition) is 3. The van der Waals surface area contributed by atoms with Gasteiger partial charge in [-0.3, -0.25) is 14.4 Å². The van der Waals surface area contributed by atoms with E-state index in [0.29, 0.717) is 5.56 Å². The minimum absolute atomic E-state index is 0.00582. The number of ketones is 2. The number of Topliss-reactive ketones (excluding diaryl/α,β-unsaturated/α-hetero) is 1. The van der Waals surface area contributed by atoms with Crippen LogP contribution in [0.15, 0.2) is 66.4 Å². The molecule has 7 nitrogen and oxygen atoms in total. The van der Waals surface area contributed by atoms with Crippen LogP contribution in [-0.4, -0.2) is 40.6 Å². The van der Waals surface area contributed by atoms with E-state index in [0.717, 1.165) is 11.6 Å². The van der Waals surface area contributed by atoms with Crippen molar-refractivity contribution < 1.29 is 24.3 Å². The molecule has 0 unspecified atom stereocenters. The molecule has 0 saturated heterocycles. The van der Waals surface area contributed by atoms with Gasteiger partial charge in [0, 0.05) is 23.6 Å². The van der Waals surface area contributed by atoms with Gasteiger partial charge < -0.3 is 15.7 Å². The van der Waals surface area contributed by atoms with Crippen LogP contribution in [-0.2, 0) is 16.0 Å². The van der Waals surface area contributed by atoms with Crippen LogP contribution in [0.5, 0.6) is 0 Å². The van der Waals surface area contributed by atoms with Gasteiger partial charge in [-0.1, -0.05) is 54.6 Å². The number of nitrogens with one attached hydrogen (secondary N) is 2. The van der Waals surface area contributed by atoms with Gasteiger partial charge in [-0.05, 0) is 12.5 Å². The minimum Gasteiger partial charge on any atom is -0.480 e. The van der Waals surface area contributed by atoms with E-state index in [1.54, 1.807) is 48.5 Å². The van der Waals surface area contributed by atoms with Crippen LogP contribution in [0.4, 0.5) is 0 Å². The lowest BCUT2D eigenvalue weighted by Gasteiger charge is -2.22. The van der Waals surface area contributed by atoms with E-state index in [1.807, 2.05) is 6.07 Å². The third kappa shape index (κ3) is 4.57. The summed E-state index contributed by atoms with van der Waals surface area (Å²) in [6.45, 7) is 1.50. The molecular formula is C22H20N2O5. The molecule has 3 rings (SSSR count). The van der Waals surface area contributed by atoms with Crippen molar-refractivity contribution in [2.24, 2.45) is 0 Å². The van der Waals surface area contributed by atoms with Gasteiger partial charge in [0.25, 0.3) is 0 Å². The Balaban J connectivity index is 1.68. The normalized spacial score (nSPS) is 15.0. The number of carboxylic acid groups (broad SMARTS) is 1. The highest BCUT2D eigenvalue weighted by atomic mass is 16.4. The van der Waals surface area contributed by atoms with Crippen molar-refractivity contribution in [1.82, 2.24) is 10.6 Å². The molecule has 0 aromatic heterocycles. The summed E-state index contributed by atoms with van der Waals surface area (Å²) in [5.41, 5.74) is 1.36. The van der Waals surface area contributed by atoms with E-state index in [9.17, 15) is 24.3 Å². The molecule has 0 spiro atoms. The van der Waals surface area contributed by atoms with Crippen molar-refractivity contribution in [3.63, 3.8) is 0 Å². The summed E-state index contributed by atoms with van der Waals surface area (Å²) in [4.78, 5) is 48.8. The molecule has 3 N–H and O–H groups in total. The number of aliphatic carboxylic acids is 1. The van der Waals surface area contributed by atoms with Gasteiger partial charge in [0.05, 0.1) is 5.70 Å². The van der Waals surface area contributed by atoms with Crippen molar-refractivity contribution in [3.8, 4) is 0 Å². The Labute approximate surface area is 167 Å². The summed E-state index contributed by atoms with van der Waals surface area (Å²) in [7, 11) is 0. The van der Waals surface area contributed by atoms with E-state index in [1.165, 1.54) is 6.92 Å². The number of carboxylic acids is 1. The van der Waals surface area contributed by atoms with Gasteiger partial charge in [0.2, 0.25) is 11.7 Å². The second-order valence-electron chi connectivity index (χ2n) is 6.75. The van der Waals surface area contributed by atoms with Crippen molar-refractivity contribution in [3.05, 3.63) is 83.1 Å². The minimum atomic E-state index is -1.16. The lowest BCUT2D eigenvalue weighted by Crippen LogP contribution is -2.50. The van der Waals surface area contributed by atoms with Crippen molar-refractivity contribution >= 4 is 23.4 Å². The molecule has 0 heterocycles. The molecule has 1 aliphatic rings. The van der Waals surface area contributed by atoms with Gasteiger partial charge in [-0.25, -0.2) is 4.79 Å². The third-order valence-corrected chi connectivity index (χ3v) is 4.62. The first-order valence-corrected chi connectivity index (χ1v) is 9.10. The van der Waals surface area contributed by atoms with Crippen LogP contribution in [0.2, 0.25) is 0 Å². The van der Waals surface area contributed by atoms with Crippen molar-refractivity contribution in [1.29, 1.82) is 0 Å². The Kier molecular flexibility index (Phi) is 5.87. The Hall–Kier alpha value is -3.74.